The second kappa shape index (κ2) is 11.7. The van der Waals surface area contributed by atoms with Crippen LogP contribution in [0.4, 0.5) is 0 Å². The smallest absolute Gasteiger partial charge is 0.330 e. The summed E-state index contributed by atoms with van der Waals surface area (Å²) < 4.78 is 20.0. The summed E-state index contributed by atoms with van der Waals surface area (Å²) in [4.78, 5) is 41.7. The van der Waals surface area contributed by atoms with Gasteiger partial charge in [0.25, 0.3) is 0 Å². The number of methoxy groups -OCH3 is 1. The van der Waals surface area contributed by atoms with Crippen LogP contribution in [-0.2, 0) is 31.9 Å². The van der Waals surface area contributed by atoms with Gasteiger partial charge in [0.15, 0.2) is 17.2 Å². The van der Waals surface area contributed by atoms with Gasteiger partial charge in [0.1, 0.15) is 33.8 Å². The number of carboxylic acids is 1. The lowest BCUT2D eigenvalue weighted by molar-refractivity contribution is -0.154. The van der Waals surface area contributed by atoms with Crippen molar-refractivity contribution in [3.63, 3.8) is 0 Å². The highest BCUT2D eigenvalue weighted by molar-refractivity contribution is 6.12. The number of phenolic OH excluding ortho intramolecular Hbond substituents is 2. The Kier molecular flexibility index (Phi) is 8.39. The molecule has 0 radical (unpaired) electrons. The number of hydrogen-bond acceptors (Lipinski definition) is 8. The van der Waals surface area contributed by atoms with Gasteiger partial charge in [0.2, 0.25) is 0 Å². The number of rotatable bonds is 11. The molecule has 2 aliphatic heterocycles. The molecular weight excluding hydrogens is 624 g/mol. The zero-order valence-corrected chi connectivity index (χ0v) is 30.2. The van der Waals surface area contributed by atoms with Gasteiger partial charge in [-0.25, -0.2) is 4.79 Å². The highest BCUT2D eigenvalue weighted by Crippen LogP contribution is 2.90. The molecule has 2 bridgehead atoms. The quantitative estimate of drug-likeness (QED) is 0.168. The molecule has 2 heterocycles. The summed E-state index contributed by atoms with van der Waals surface area (Å²) in [6, 6.07) is 0. The number of allylic oxidation sites excluding steroid dienone is 6. The van der Waals surface area contributed by atoms with Gasteiger partial charge in [-0.1, -0.05) is 41.0 Å². The second-order valence-electron chi connectivity index (χ2n) is 15.8. The molecule has 49 heavy (non-hydrogen) atoms. The standard InChI is InChI=1S/C40H50O9/c1-20(2)11-10-12-22(5)14-16-24-30(41)25(15-13-21(3)4)33-28(31(24)42)32(43)29-34(47-9)26-19-27-37(7,8)49-38(18-17-23(6)36(45)46)39(27,35(26)44)40(29,38)48-33/h11,13-14,17,26-27,29,34,41-42H,10,12,15-16,18-19H2,1-9H3,(H,45,46)/b22-14+,23-17+. The van der Waals surface area contributed by atoms with Crippen LogP contribution in [0.5, 0.6) is 17.2 Å². The minimum absolute atomic E-state index is 0.0171. The summed E-state index contributed by atoms with van der Waals surface area (Å²) in [7, 11) is 1.49. The van der Waals surface area contributed by atoms with Crippen LogP contribution < -0.4 is 4.74 Å². The second-order valence-corrected chi connectivity index (χ2v) is 15.8. The van der Waals surface area contributed by atoms with E-state index < -0.39 is 51.9 Å². The van der Waals surface area contributed by atoms with E-state index in [4.69, 9.17) is 14.2 Å². The number of carbonyl (C=O) groups excluding carboxylic acids is 2. The van der Waals surface area contributed by atoms with Gasteiger partial charge in [0.05, 0.1) is 17.6 Å². The van der Waals surface area contributed by atoms with E-state index in [0.29, 0.717) is 12.0 Å². The number of aliphatic carboxylic acids is 1. The number of aromatic hydroxyl groups is 2. The van der Waals surface area contributed by atoms with Gasteiger partial charge in [-0.05, 0) is 87.5 Å². The number of fused-ring (bicyclic) bond motifs is 2. The molecule has 9 heteroatoms. The lowest BCUT2D eigenvalue weighted by Crippen LogP contribution is -2.60. The molecule has 3 saturated carbocycles. The number of Topliss-reactive ketones (excluding diaryl/α,β-unsaturated/α-hetero) is 2. The average molecular weight is 675 g/mol. The molecule has 0 amide bonds. The van der Waals surface area contributed by atoms with Crippen LogP contribution >= 0.6 is 0 Å². The van der Waals surface area contributed by atoms with Gasteiger partial charge in [-0.15, -0.1) is 0 Å². The van der Waals surface area contributed by atoms with Crippen LogP contribution in [0.3, 0.4) is 0 Å². The third kappa shape index (κ3) is 4.53. The SMILES string of the molecule is COC1C2CC3C(C)(C)OC4(C/C=C(\C)C(=O)O)C5(Oc6c(CC=C(C)C)c(O)c(C/C=C(\C)CCC=C(C)C)c(O)c6C(=O)C15)C34C2=O. The Bertz CT molecular complexity index is 1770. The molecule has 3 aliphatic carbocycles. The lowest BCUT2D eigenvalue weighted by atomic mass is 9.68. The van der Waals surface area contributed by atoms with Crippen molar-refractivity contribution >= 4 is 17.5 Å². The topological polar surface area (TPSA) is 140 Å². The van der Waals surface area contributed by atoms with Crippen molar-refractivity contribution in [3.05, 3.63) is 63.3 Å². The summed E-state index contributed by atoms with van der Waals surface area (Å²) >= 11 is 0. The molecule has 4 fully saturated rings. The van der Waals surface area contributed by atoms with Crippen molar-refractivity contribution < 1.29 is 43.9 Å². The zero-order chi connectivity index (χ0) is 36.0. The number of ether oxygens (including phenoxy) is 3. The van der Waals surface area contributed by atoms with E-state index in [9.17, 15) is 24.9 Å². The molecule has 3 N–H and O–H groups in total. The van der Waals surface area contributed by atoms with Crippen molar-refractivity contribution in [3.8, 4) is 17.2 Å². The maximum Gasteiger partial charge on any atom is 0.330 e. The Morgan fingerprint density at radius 1 is 0.939 bits per heavy atom. The molecule has 1 aromatic rings. The van der Waals surface area contributed by atoms with Crippen LogP contribution in [0.15, 0.2) is 46.6 Å². The summed E-state index contributed by atoms with van der Waals surface area (Å²) in [5.74, 6) is -3.96. The predicted molar refractivity (Wildman–Crippen MR) is 184 cm³/mol. The lowest BCUT2D eigenvalue weighted by Gasteiger charge is -2.46. The van der Waals surface area contributed by atoms with Gasteiger partial charge in [0, 0.05) is 42.1 Å². The van der Waals surface area contributed by atoms with Gasteiger partial charge >= 0.3 is 5.97 Å². The summed E-state index contributed by atoms with van der Waals surface area (Å²) in [5, 5.41) is 33.5. The summed E-state index contributed by atoms with van der Waals surface area (Å²) in [5.41, 5.74) is -0.902. The number of carboxylic acid groups (broad SMARTS) is 1. The van der Waals surface area contributed by atoms with E-state index in [-0.39, 0.29) is 64.9 Å². The first kappa shape index (κ1) is 35.1. The maximum absolute atomic E-state index is 15.1. The molecule has 9 nitrogen and oxygen atoms in total. The molecule has 1 saturated heterocycles. The third-order valence-electron chi connectivity index (χ3n) is 12.1. The first-order chi connectivity index (χ1) is 22.9. The van der Waals surface area contributed by atoms with E-state index in [1.54, 1.807) is 6.08 Å². The minimum atomic E-state index is -1.52. The Morgan fingerprint density at radius 2 is 1.59 bits per heavy atom. The number of phenols is 2. The van der Waals surface area contributed by atoms with Gasteiger partial charge in [-0.3, -0.25) is 9.59 Å². The van der Waals surface area contributed by atoms with E-state index in [2.05, 4.69) is 19.9 Å². The molecule has 6 rings (SSSR count). The van der Waals surface area contributed by atoms with Crippen LogP contribution in [0, 0.1) is 23.2 Å². The number of ketones is 2. The molecule has 7 atom stereocenters. The fourth-order valence-electron chi connectivity index (χ4n) is 9.99. The molecule has 7 unspecified atom stereocenters. The van der Waals surface area contributed by atoms with Crippen molar-refractivity contribution in [1.82, 2.24) is 0 Å². The molecule has 1 aromatic carbocycles. The Balaban J connectivity index is 1.56. The molecule has 2 spiro atoms. The average Bonchev–Trinajstić information content (AvgIpc) is 3.21. The van der Waals surface area contributed by atoms with E-state index in [1.165, 1.54) is 19.6 Å². The number of hydrogen-bond donors (Lipinski definition) is 3. The van der Waals surface area contributed by atoms with E-state index in [1.807, 2.05) is 46.8 Å². The normalized spacial score (nSPS) is 33.3. The van der Waals surface area contributed by atoms with Crippen molar-refractivity contribution in [1.29, 1.82) is 0 Å². The Morgan fingerprint density at radius 3 is 2.20 bits per heavy atom. The molecular formula is C40H50O9. The number of carbonyl (C=O) groups is 3. The van der Waals surface area contributed by atoms with E-state index in [0.717, 1.165) is 24.0 Å². The summed E-state index contributed by atoms with van der Waals surface area (Å²) in [6.45, 7) is 15.3. The molecule has 0 aromatic heterocycles. The maximum atomic E-state index is 15.1. The van der Waals surface area contributed by atoms with Gasteiger partial charge < -0.3 is 29.5 Å². The largest absolute Gasteiger partial charge is 0.507 e. The monoisotopic (exact) mass is 674 g/mol. The van der Waals surface area contributed by atoms with Crippen molar-refractivity contribution in [2.45, 2.75) is 117 Å². The first-order valence-electron chi connectivity index (χ1n) is 17.4. The van der Waals surface area contributed by atoms with E-state index >= 15 is 4.79 Å². The van der Waals surface area contributed by atoms with Gasteiger partial charge in [-0.2, -0.15) is 0 Å². The highest BCUT2D eigenvalue weighted by Gasteiger charge is 3.06. The third-order valence-corrected chi connectivity index (χ3v) is 12.1. The summed E-state index contributed by atoms with van der Waals surface area (Å²) in [6.07, 6.45) is 9.35. The zero-order valence-electron chi connectivity index (χ0n) is 30.2. The fraction of sp³-hybridized carbons (Fsp3) is 0.575. The fourth-order valence-corrected chi connectivity index (χ4v) is 9.99. The molecule has 264 valence electrons. The Labute approximate surface area is 288 Å². The first-order valence-corrected chi connectivity index (χ1v) is 17.4. The van der Waals surface area contributed by atoms with Crippen molar-refractivity contribution in [2.24, 2.45) is 23.2 Å². The minimum Gasteiger partial charge on any atom is -0.507 e. The molecule has 5 aliphatic rings. The van der Waals surface area contributed by atoms with Crippen LogP contribution in [0.1, 0.15) is 103 Å². The van der Waals surface area contributed by atoms with Crippen LogP contribution in [0.25, 0.3) is 0 Å². The predicted octanol–water partition coefficient (Wildman–Crippen LogP) is 6.97. The number of benzene rings is 1. The highest BCUT2D eigenvalue weighted by atomic mass is 16.6. The van der Waals surface area contributed by atoms with Crippen molar-refractivity contribution in [2.75, 3.05) is 7.11 Å². The Hall–Kier alpha value is -3.69. The van der Waals surface area contributed by atoms with Crippen LogP contribution in [0.2, 0.25) is 0 Å². The van der Waals surface area contributed by atoms with Crippen LogP contribution in [-0.4, -0.2) is 62.9 Å².